The van der Waals surface area contributed by atoms with E-state index in [4.69, 9.17) is 9.47 Å². The molecule has 1 amide bonds. The highest BCUT2D eigenvalue weighted by molar-refractivity contribution is 5.94. The molecule has 0 aliphatic rings. The van der Waals surface area contributed by atoms with E-state index in [9.17, 15) is 14.0 Å². The van der Waals surface area contributed by atoms with E-state index in [0.717, 1.165) is 0 Å². The van der Waals surface area contributed by atoms with Gasteiger partial charge in [-0.05, 0) is 30.3 Å². The van der Waals surface area contributed by atoms with Crippen molar-refractivity contribution in [3.63, 3.8) is 0 Å². The van der Waals surface area contributed by atoms with Crippen LogP contribution in [-0.2, 0) is 14.3 Å². The van der Waals surface area contributed by atoms with Crippen LogP contribution in [0, 0.1) is 5.82 Å². The summed E-state index contributed by atoms with van der Waals surface area (Å²) in [7, 11) is 1.53. The molecule has 2 aromatic rings. The van der Waals surface area contributed by atoms with Crippen molar-refractivity contribution < 1.29 is 23.5 Å². The van der Waals surface area contributed by atoms with Crippen molar-refractivity contribution in [1.29, 1.82) is 0 Å². The molecule has 5 nitrogen and oxygen atoms in total. The monoisotopic (exact) mass is 329 g/mol. The van der Waals surface area contributed by atoms with Crippen LogP contribution in [0.5, 0.6) is 5.75 Å². The number of para-hydroxylation sites is 1. The van der Waals surface area contributed by atoms with Crippen molar-refractivity contribution in [2.24, 2.45) is 0 Å². The molecule has 2 rings (SSSR count). The maximum absolute atomic E-state index is 13.0. The van der Waals surface area contributed by atoms with Gasteiger partial charge in [-0.1, -0.05) is 24.3 Å². The first-order valence-electron chi connectivity index (χ1n) is 7.12. The van der Waals surface area contributed by atoms with Gasteiger partial charge in [0.15, 0.2) is 6.61 Å². The molecule has 6 heteroatoms. The van der Waals surface area contributed by atoms with Crippen molar-refractivity contribution in [2.75, 3.05) is 19.0 Å². The summed E-state index contributed by atoms with van der Waals surface area (Å²) in [5, 5.41) is 2.43. The fourth-order valence-electron chi connectivity index (χ4n) is 1.91. The molecule has 0 aromatic heterocycles. The molecule has 0 atom stereocenters. The van der Waals surface area contributed by atoms with Crippen LogP contribution in [0.25, 0.3) is 6.08 Å². The fourth-order valence-corrected chi connectivity index (χ4v) is 1.91. The third-order valence-corrected chi connectivity index (χ3v) is 2.99. The summed E-state index contributed by atoms with van der Waals surface area (Å²) in [6.07, 6.45) is 2.74. The van der Waals surface area contributed by atoms with Gasteiger partial charge in [0.05, 0.1) is 7.11 Å². The van der Waals surface area contributed by atoms with Crippen molar-refractivity contribution in [2.45, 2.75) is 0 Å². The van der Waals surface area contributed by atoms with Crippen molar-refractivity contribution >= 4 is 23.6 Å². The molecule has 0 spiro atoms. The maximum atomic E-state index is 13.0. The summed E-state index contributed by atoms with van der Waals surface area (Å²) in [6, 6.07) is 12.6. The summed E-state index contributed by atoms with van der Waals surface area (Å²) in [4.78, 5) is 23.3. The second-order valence-electron chi connectivity index (χ2n) is 4.74. The summed E-state index contributed by atoms with van der Waals surface area (Å²) < 4.78 is 23.0. The minimum Gasteiger partial charge on any atom is -0.496 e. The van der Waals surface area contributed by atoms with Gasteiger partial charge in [-0.25, -0.2) is 9.18 Å². The lowest BCUT2D eigenvalue weighted by molar-refractivity contribution is -0.142. The lowest BCUT2D eigenvalue weighted by atomic mass is 10.2. The molecule has 0 radical (unpaired) electrons. The third-order valence-electron chi connectivity index (χ3n) is 2.99. The minimum absolute atomic E-state index is 0.292. The number of ether oxygens (including phenoxy) is 2. The Kier molecular flexibility index (Phi) is 6.08. The molecule has 124 valence electrons. The number of carbonyl (C=O) groups excluding carboxylic acids is 2. The number of amides is 1. The predicted octanol–water partition coefficient (Wildman–Crippen LogP) is 3.03. The van der Waals surface area contributed by atoms with Gasteiger partial charge in [-0.3, -0.25) is 4.79 Å². The van der Waals surface area contributed by atoms with Crippen LogP contribution in [-0.4, -0.2) is 25.6 Å². The lowest BCUT2D eigenvalue weighted by Gasteiger charge is -2.05. The molecule has 0 aliphatic carbocycles. The number of hydrogen-bond donors (Lipinski definition) is 1. The Hall–Kier alpha value is -3.15. The standard InChI is InChI=1S/C18H16FNO4/c1-23-16-8-3-2-5-13(16)9-10-18(22)24-12-17(21)20-15-7-4-6-14(19)11-15/h2-11H,12H2,1H3,(H,20,21)/b10-9+. The molecule has 0 heterocycles. The largest absolute Gasteiger partial charge is 0.496 e. The van der Waals surface area contributed by atoms with Gasteiger partial charge in [-0.2, -0.15) is 0 Å². The number of hydrogen-bond acceptors (Lipinski definition) is 4. The first-order chi connectivity index (χ1) is 11.6. The zero-order valence-corrected chi connectivity index (χ0v) is 13.0. The molecule has 0 saturated heterocycles. The number of anilines is 1. The van der Waals surface area contributed by atoms with Gasteiger partial charge in [0.2, 0.25) is 0 Å². The highest BCUT2D eigenvalue weighted by Gasteiger charge is 2.06. The summed E-state index contributed by atoms with van der Waals surface area (Å²) >= 11 is 0. The third kappa shape index (κ3) is 5.24. The highest BCUT2D eigenvalue weighted by atomic mass is 19.1. The first kappa shape index (κ1) is 17.2. The van der Waals surface area contributed by atoms with Crippen LogP contribution in [0.4, 0.5) is 10.1 Å². The van der Waals surface area contributed by atoms with Crippen LogP contribution in [0.1, 0.15) is 5.56 Å². The molecule has 2 aromatic carbocycles. The van der Waals surface area contributed by atoms with E-state index in [-0.39, 0.29) is 0 Å². The molecule has 1 N–H and O–H groups in total. The Labute approximate surface area is 138 Å². The molecule has 0 aliphatic heterocycles. The van der Waals surface area contributed by atoms with Crippen LogP contribution in [0.2, 0.25) is 0 Å². The summed E-state index contributed by atoms with van der Waals surface area (Å²) in [5.74, 6) is -1.08. The van der Waals surface area contributed by atoms with Crippen molar-refractivity contribution in [3.8, 4) is 5.75 Å². The molecule has 0 unspecified atom stereocenters. The quantitative estimate of drug-likeness (QED) is 0.653. The number of carbonyl (C=O) groups is 2. The van der Waals surface area contributed by atoms with Crippen molar-refractivity contribution in [1.82, 2.24) is 0 Å². The molecule has 0 fully saturated rings. The summed E-state index contributed by atoms with van der Waals surface area (Å²) in [5.41, 5.74) is 1.00. The molecule has 24 heavy (non-hydrogen) atoms. The van der Waals surface area contributed by atoms with Crippen LogP contribution < -0.4 is 10.1 Å². The van der Waals surface area contributed by atoms with E-state index in [2.05, 4.69) is 5.32 Å². The minimum atomic E-state index is -0.671. The van der Waals surface area contributed by atoms with E-state index < -0.39 is 24.3 Å². The number of methoxy groups -OCH3 is 1. The van der Waals surface area contributed by atoms with Crippen molar-refractivity contribution in [3.05, 3.63) is 66.0 Å². The van der Waals surface area contributed by atoms with Gasteiger partial charge >= 0.3 is 5.97 Å². The predicted molar refractivity (Wildman–Crippen MR) is 88.0 cm³/mol. The highest BCUT2D eigenvalue weighted by Crippen LogP contribution is 2.18. The average Bonchev–Trinajstić information content (AvgIpc) is 2.58. The second kappa shape index (κ2) is 8.47. The first-order valence-corrected chi connectivity index (χ1v) is 7.12. The average molecular weight is 329 g/mol. The molecular formula is C18H16FNO4. The second-order valence-corrected chi connectivity index (χ2v) is 4.74. The number of benzene rings is 2. The Balaban J connectivity index is 1.84. The zero-order chi connectivity index (χ0) is 17.4. The normalized spacial score (nSPS) is 10.4. The SMILES string of the molecule is COc1ccccc1/C=C/C(=O)OCC(=O)Nc1cccc(F)c1. The topological polar surface area (TPSA) is 64.6 Å². The van der Waals surface area contributed by atoms with E-state index in [1.165, 1.54) is 43.5 Å². The molecule has 0 bridgehead atoms. The van der Waals surface area contributed by atoms with E-state index >= 15 is 0 Å². The number of rotatable bonds is 6. The van der Waals surface area contributed by atoms with Crippen LogP contribution in [0.3, 0.4) is 0 Å². The Morgan fingerprint density at radius 2 is 1.96 bits per heavy atom. The van der Waals surface area contributed by atoms with E-state index in [1.54, 1.807) is 18.2 Å². The van der Waals surface area contributed by atoms with Gasteiger partial charge in [0.25, 0.3) is 5.91 Å². The fraction of sp³-hybridized carbons (Fsp3) is 0.111. The molecule has 0 saturated carbocycles. The van der Waals surface area contributed by atoms with Gasteiger partial charge in [0.1, 0.15) is 11.6 Å². The maximum Gasteiger partial charge on any atom is 0.331 e. The van der Waals surface area contributed by atoms with Crippen LogP contribution in [0.15, 0.2) is 54.6 Å². The van der Waals surface area contributed by atoms with Gasteiger partial charge in [0, 0.05) is 17.3 Å². The van der Waals surface area contributed by atoms with Crippen LogP contribution >= 0.6 is 0 Å². The number of halogens is 1. The lowest BCUT2D eigenvalue weighted by Crippen LogP contribution is -2.20. The summed E-state index contributed by atoms with van der Waals surface area (Å²) in [6.45, 7) is -0.467. The van der Waals surface area contributed by atoms with Gasteiger partial charge in [-0.15, -0.1) is 0 Å². The number of nitrogens with one attached hydrogen (secondary N) is 1. The van der Waals surface area contributed by atoms with E-state index in [0.29, 0.717) is 17.0 Å². The van der Waals surface area contributed by atoms with Gasteiger partial charge < -0.3 is 14.8 Å². The Morgan fingerprint density at radius 3 is 2.71 bits per heavy atom. The van der Waals surface area contributed by atoms with E-state index in [1.807, 2.05) is 6.07 Å². The smallest absolute Gasteiger partial charge is 0.331 e. The number of esters is 1. The molecular weight excluding hydrogens is 313 g/mol. The Bertz CT molecular complexity index is 758. The zero-order valence-electron chi connectivity index (χ0n) is 13.0. The Morgan fingerprint density at radius 1 is 1.17 bits per heavy atom.